The molecule has 3 aliphatic rings. The fraction of sp³-hybridized carbons (Fsp3) is 0.293. The van der Waals surface area contributed by atoms with Crippen LogP contribution in [0.2, 0.25) is 5.02 Å². The molecule has 0 radical (unpaired) electrons. The van der Waals surface area contributed by atoms with Gasteiger partial charge in [-0.15, -0.1) is 0 Å². The largest absolute Gasteiger partial charge is 0.490 e. The van der Waals surface area contributed by atoms with Gasteiger partial charge in [-0.05, 0) is 48.2 Å². The molecule has 6 aromatic rings. The Hall–Kier alpha value is -5.01. The van der Waals surface area contributed by atoms with Crippen molar-refractivity contribution >= 4 is 40.9 Å². The summed E-state index contributed by atoms with van der Waals surface area (Å²) in [4.78, 5) is 13.9. The Morgan fingerprint density at radius 2 is 1.59 bits per heavy atom. The molecular weight excluding hydrogens is 706 g/mol. The summed E-state index contributed by atoms with van der Waals surface area (Å²) < 4.78 is 29.2. The first kappa shape index (κ1) is 34.7. The number of rotatable bonds is 10. The normalized spacial score (nSPS) is 19.8. The van der Waals surface area contributed by atoms with Crippen LogP contribution in [0.1, 0.15) is 41.6 Å². The van der Waals surface area contributed by atoms with E-state index < -0.39 is 24.4 Å². The fourth-order valence-electron chi connectivity index (χ4n) is 8.76. The Morgan fingerprint density at radius 3 is 2.24 bits per heavy atom. The van der Waals surface area contributed by atoms with Gasteiger partial charge in [0, 0.05) is 24.6 Å². The van der Waals surface area contributed by atoms with Gasteiger partial charge in [-0.25, -0.2) is 4.39 Å². The average molecular weight is 745 g/mol. The first-order valence-corrected chi connectivity index (χ1v) is 18.7. The van der Waals surface area contributed by atoms with Gasteiger partial charge in [0.1, 0.15) is 30.7 Å². The monoisotopic (exact) mass is 744 g/mol. The van der Waals surface area contributed by atoms with Crippen LogP contribution in [0.4, 0.5) is 10.2 Å². The van der Waals surface area contributed by atoms with Crippen LogP contribution >= 0.6 is 11.6 Å². The van der Waals surface area contributed by atoms with E-state index in [1.165, 1.54) is 6.07 Å². The molecule has 0 saturated carbocycles. The van der Waals surface area contributed by atoms with E-state index in [0.29, 0.717) is 42.8 Å². The van der Waals surface area contributed by atoms with Crippen LogP contribution in [-0.2, 0) is 12.1 Å². The number of fused-ring (bicyclic) bond motifs is 1. The third kappa shape index (κ3) is 5.88. The minimum atomic E-state index is -1.85. The second-order valence-corrected chi connectivity index (χ2v) is 14.8. The van der Waals surface area contributed by atoms with Gasteiger partial charge in [0.05, 0.1) is 40.2 Å². The number of anilines is 1. The summed E-state index contributed by atoms with van der Waals surface area (Å²) in [6, 6.07) is 34.8. The number of nitrogens with zero attached hydrogens (tertiary/aromatic N) is 6. The standard InChI is InChI=1S/C41H39BClFN6O4/c43-36-33(42(51)52)23-34-35-37(36)53-22-21-48(38(35)46-39(45-34)54-27-40-18-10-19-49(40)25-31(44)24-40)26-32-17-20-50(47-32)41(28-11-4-1-5-12-28,29-13-6-2-7-14-29)30-15-8-3-9-16-30/h1-9,11-17,20,23,31,51-52H,10,18-19,21-22,24-27H2/t31-,40+/m1/s1. The highest BCUT2D eigenvalue weighted by atomic mass is 35.5. The van der Waals surface area contributed by atoms with E-state index in [1.807, 2.05) is 71.5 Å². The molecule has 13 heteroatoms. The van der Waals surface area contributed by atoms with Crippen molar-refractivity contribution in [3.8, 4) is 11.8 Å². The van der Waals surface area contributed by atoms with Gasteiger partial charge in [0.15, 0.2) is 5.75 Å². The molecule has 5 heterocycles. The molecule has 2 atom stereocenters. The van der Waals surface area contributed by atoms with E-state index in [1.54, 1.807) is 0 Å². The van der Waals surface area contributed by atoms with Crippen molar-refractivity contribution in [2.24, 2.45) is 0 Å². The molecular formula is C41H39BClFN6O4. The summed E-state index contributed by atoms with van der Waals surface area (Å²) in [5.41, 5.74) is 3.25. The van der Waals surface area contributed by atoms with Crippen LogP contribution in [0.5, 0.6) is 11.8 Å². The van der Waals surface area contributed by atoms with Crippen molar-refractivity contribution in [2.75, 3.05) is 37.7 Å². The van der Waals surface area contributed by atoms with E-state index in [-0.39, 0.29) is 35.5 Å². The highest BCUT2D eigenvalue weighted by Crippen LogP contribution is 2.44. The second-order valence-electron chi connectivity index (χ2n) is 14.4. The Morgan fingerprint density at radius 1 is 0.926 bits per heavy atom. The minimum absolute atomic E-state index is 0.0673. The molecule has 274 valence electrons. The summed E-state index contributed by atoms with van der Waals surface area (Å²) >= 11 is 6.75. The van der Waals surface area contributed by atoms with Crippen LogP contribution in [0.25, 0.3) is 10.9 Å². The van der Waals surface area contributed by atoms with Crippen molar-refractivity contribution in [1.29, 1.82) is 0 Å². The van der Waals surface area contributed by atoms with Crippen LogP contribution in [0, 0.1) is 0 Å². The Kier molecular flexibility index (Phi) is 9.01. The number of hydrogen-bond acceptors (Lipinski definition) is 9. The summed E-state index contributed by atoms with van der Waals surface area (Å²) in [6.45, 7) is 2.51. The van der Waals surface area contributed by atoms with Crippen molar-refractivity contribution in [2.45, 2.75) is 43.1 Å². The molecule has 9 rings (SSSR count). The molecule has 0 bridgehead atoms. The van der Waals surface area contributed by atoms with E-state index in [9.17, 15) is 14.4 Å². The van der Waals surface area contributed by atoms with E-state index >= 15 is 0 Å². The highest BCUT2D eigenvalue weighted by Gasteiger charge is 2.49. The van der Waals surface area contributed by atoms with Crippen LogP contribution in [0.3, 0.4) is 0 Å². The summed E-state index contributed by atoms with van der Waals surface area (Å²) in [5.74, 6) is 0.800. The van der Waals surface area contributed by atoms with Gasteiger partial charge >= 0.3 is 13.1 Å². The maximum atomic E-state index is 14.6. The predicted molar refractivity (Wildman–Crippen MR) is 206 cm³/mol. The molecule has 0 unspecified atom stereocenters. The van der Waals surface area contributed by atoms with Crippen molar-refractivity contribution in [1.82, 2.24) is 24.6 Å². The van der Waals surface area contributed by atoms with Crippen molar-refractivity contribution in [3.05, 3.63) is 137 Å². The first-order valence-electron chi connectivity index (χ1n) is 18.4. The van der Waals surface area contributed by atoms with E-state index in [4.69, 9.17) is 36.1 Å². The van der Waals surface area contributed by atoms with Gasteiger partial charge in [0.25, 0.3) is 0 Å². The number of aromatic nitrogens is 4. The average Bonchev–Trinajstić information content (AvgIpc) is 3.86. The maximum Gasteiger partial charge on any atom is 0.490 e. The molecule has 4 aromatic carbocycles. The molecule has 2 aromatic heterocycles. The third-order valence-electron chi connectivity index (χ3n) is 11.2. The Labute approximate surface area is 317 Å². The molecule has 0 spiro atoms. The molecule has 54 heavy (non-hydrogen) atoms. The van der Waals surface area contributed by atoms with Crippen LogP contribution in [0.15, 0.2) is 109 Å². The zero-order valence-corrected chi connectivity index (χ0v) is 30.3. The molecule has 0 amide bonds. The lowest BCUT2D eigenvalue weighted by Gasteiger charge is -2.36. The van der Waals surface area contributed by atoms with E-state index in [0.717, 1.165) is 41.8 Å². The third-order valence-corrected chi connectivity index (χ3v) is 11.6. The summed E-state index contributed by atoms with van der Waals surface area (Å²) in [5, 5.41) is 26.4. The number of ether oxygens (including phenoxy) is 2. The summed E-state index contributed by atoms with van der Waals surface area (Å²) in [6.07, 6.45) is 3.36. The molecule has 2 saturated heterocycles. The van der Waals surface area contributed by atoms with Crippen LogP contribution < -0.4 is 19.8 Å². The van der Waals surface area contributed by atoms with E-state index in [2.05, 4.69) is 46.2 Å². The molecule has 3 aliphatic heterocycles. The predicted octanol–water partition coefficient (Wildman–Crippen LogP) is 5.35. The number of benzene rings is 4. The van der Waals surface area contributed by atoms with Crippen molar-refractivity contribution in [3.63, 3.8) is 0 Å². The van der Waals surface area contributed by atoms with Gasteiger partial charge in [-0.3, -0.25) is 9.58 Å². The van der Waals surface area contributed by atoms with Gasteiger partial charge < -0.3 is 24.4 Å². The lowest BCUT2D eigenvalue weighted by Crippen LogP contribution is -2.43. The second kappa shape index (κ2) is 14.0. The zero-order chi connectivity index (χ0) is 36.9. The van der Waals surface area contributed by atoms with Crippen LogP contribution in [-0.4, -0.2) is 86.4 Å². The number of alkyl halides is 1. The number of hydrogen-bond donors (Lipinski definition) is 2. The maximum absolute atomic E-state index is 14.6. The highest BCUT2D eigenvalue weighted by molar-refractivity contribution is 6.63. The molecule has 10 nitrogen and oxygen atoms in total. The minimum Gasteiger partial charge on any atom is -0.489 e. The quantitative estimate of drug-likeness (QED) is 0.142. The Balaban J connectivity index is 1.13. The number of halogens is 2. The topological polar surface area (TPSA) is 109 Å². The smallest absolute Gasteiger partial charge is 0.489 e. The fourth-order valence-corrected chi connectivity index (χ4v) is 9.07. The van der Waals surface area contributed by atoms with Gasteiger partial charge in [-0.1, -0.05) is 103 Å². The first-order chi connectivity index (χ1) is 26.4. The Bertz CT molecular complexity index is 2190. The molecule has 0 aliphatic carbocycles. The van der Waals surface area contributed by atoms with Gasteiger partial charge in [0.2, 0.25) is 0 Å². The molecule has 2 fully saturated rings. The lowest BCUT2D eigenvalue weighted by atomic mass is 9.77. The summed E-state index contributed by atoms with van der Waals surface area (Å²) in [7, 11) is -1.85. The van der Waals surface area contributed by atoms with Gasteiger partial charge in [-0.2, -0.15) is 15.1 Å². The van der Waals surface area contributed by atoms with Crippen molar-refractivity contribution < 1.29 is 23.9 Å². The zero-order valence-electron chi connectivity index (χ0n) is 29.6. The lowest BCUT2D eigenvalue weighted by molar-refractivity contribution is 0.107. The SMILES string of the molecule is OB(O)c1cc2nc(OC[C@@]34CCCN3C[C@H](F)C4)nc3c2c(c1Cl)OCCN3Cc1ccn(C(c2ccccc2)(c2ccccc2)c2ccccc2)n1. The molecule has 2 N–H and O–H groups in total.